The zero-order valence-corrected chi connectivity index (χ0v) is 15.2. The minimum Gasteiger partial charge on any atom is -0.488 e. The van der Waals surface area contributed by atoms with Gasteiger partial charge in [0, 0.05) is 11.3 Å². The second-order valence-corrected chi connectivity index (χ2v) is 6.13. The normalized spacial score (nSPS) is 11.1. The largest absolute Gasteiger partial charge is 0.488 e. The summed E-state index contributed by atoms with van der Waals surface area (Å²) in [6.07, 6.45) is 1.54. The van der Waals surface area contributed by atoms with E-state index in [1.165, 1.54) is 4.68 Å². The van der Waals surface area contributed by atoms with Gasteiger partial charge in [-0.1, -0.05) is 48.5 Å². The summed E-state index contributed by atoms with van der Waals surface area (Å²) >= 11 is 0. The van der Waals surface area contributed by atoms with Gasteiger partial charge in [-0.15, -0.1) is 0 Å². The Hall–Kier alpha value is -3.65. The summed E-state index contributed by atoms with van der Waals surface area (Å²) < 4.78 is 7.14. The first kappa shape index (κ1) is 18.2. The standard InChI is InChI=1S/C22H19N3O2/c1-16-12-17(2)25(24-16)22(26)20(14-23)13-19-10-6-7-11-21(19)27-15-18-8-4-3-5-9-18/h3-13H,15H2,1-2H3/b20-13+. The fourth-order valence-corrected chi connectivity index (χ4v) is 2.71. The van der Waals surface area contributed by atoms with Gasteiger partial charge < -0.3 is 4.74 Å². The highest BCUT2D eigenvalue weighted by Gasteiger charge is 2.16. The van der Waals surface area contributed by atoms with Gasteiger partial charge in [-0.25, -0.2) is 4.68 Å². The Labute approximate surface area is 158 Å². The lowest BCUT2D eigenvalue weighted by Crippen LogP contribution is -2.15. The molecule has 5 nitrogen and oxygen atoms in total. The molecule has 1 aromatic heterocycles. The van der Waals surface area contributed by atoms with Crippen LogP contribution < -0.4 is 4.74 Å². The zero-order chi connectivity index (χ0) is 19.2. The number of nitriles is 1. The highest BCUT2D eigenvalue weighted by atomic mass is 16.5. The van der Waals surface area contributed by atoms with Crippen LogP contribution in [0.3, 0.4) is 0 Å². The number of hydrogen-bond donors (Lipinski definition) is 0. The summed E-state index contributed by atoms with van der Waals surface area (Å²) in [5.41, 5.74) is 3.12. The Bertz CT molecular complexity index is 1030. The van der Waals surface area contributed by atoms with Crippen LogP contribution in [-0.4, -0.2) is 15.7 Å². The van der Waals surface area contributed by atoms with Crippen molar-refractivity contribution in [1.82, 2.24) is 9.78 Å². The first-order valence-electron chi connectivity index (χ1n) is 8.54. The van der Waals surface area contributed by atoms with E-state index in [0.717, 1.165) is 11.3 Å². The molecule has 0 saturated heterocycles. The van der Waals surface area contributed by atoms with Crippen molar-refractivity contribution < 1.29 is 9.53 Å². The Morgan fingerprint density at radius 1 is 1.15 bits per heavy atom. The molecule has 3 aromatic rings. The van der Waals surface area contributed by atoms with Crippen molar-refractivity contribution in [3.63, 3.8) is 0 Å². The van der Waals surface area contributed by atoms with Gasteiger partial charge in [-0.3, -0.25) is 4.79 Å². The minimum absolute atomic E-state index is 0.00281. The lowest BCUT2D eigenvalue weighted by atomic mass is 10.1. The van der Waals surface area contributed by atoms with Gasteiger partial charge in [0.25, 0.3) is 5.91 Å². The number of aromatic nitrogens is 2. The first-order valence-corrected chi connectivity index (χ1v) is 8.54. The highest BCUT2D eigenvalue weighted by molar-refractivity contribution is 6.03. The van der Waals surface area contributed by atoms with Crippen LogP contribution in [0.1, 0.15) is 27.3 Å². The molecule has 1 heterocycles. The third kappa shape index (κ3) is 4.31. The summed E-state index contributed by atoms with van der Waals surface area (Å²) in [6.45, 7) is 3.99. The Balaban J connectivity index is 1.87. The van der Waals surface area contributed by atoms with Gasteiger partial charge in [-0.2, -0.15) is 10.4 Å². The lowest BCUT2D eigenvalue weighted by Gasteiger charge is -2.10. The quantitative estimate of drug-likeness (QED) is 0.503. The number of rotatable bonds is 5. The number of para-hydroxylation sites is 1. The van der Waals surface area contributed by atoms with Crippen LogP contribution in [0.4, 0.5) is 0 Å². The number of hydrogen-bond acceptors (Lipinski definition) is 4. The average molecular weight is 357 g/mol. The maximum absolute atomic E-state index is 12.7. The van der Waals surface area contributed by atoms with Crippen molar-refractivity contribution in [2.45, 2.75) is 20.5 Å². The van der Waals surface area contributed by atoms with E-state index in [2.05, 4.69) is 5.10 Å². The molecule has 0 aliphatic carbocycles. The molecule has 0 atom stereocenters. The van der Waals surface area contributed by atoms with Gasteiger partial charge in [-0.05, 0) is 37.6 Å². The van der Waals surface area contributed by atoms with E-state index in [4.69, 9.17) is 4.74 Å². The number of allylic oxidation sites excluding steroid dienone is 1. The number of nitrogens with zero attached hydrogens (tertiary/aromatic N) is 3. The summed E-state index contributed by atoms with van der Waals surface area (Å²) in [5.74, 6) is 0.149. The van der Waals surface area contributed by atoms with Crippen LogP contribution in [0, 0.1) is 25.2 Å². The molecule has 27 heavy (non-hydrogen) atoms. The number of carbonyl (C=O) groups is 1. The topological polar surface area (TPSA) is 67.9 Å². The summed E-state index contributed by atoms with van der Waals surface area (Å²) in [4.78, 5) is 12.7. The monoisotopic (exact) mass is 357 g/mol. The molecule has 0 N–H and O–H groups in total. The van der Waals surface area contributed by atoms with Crippen LogP contribution >= 0.6 is 0 Å². The van der Waals surface area contributed by atoms with Gasteiger partial charge in [0.15, 0.2) is 0 Å². The van der Waals surface area contributed by atoms with E-state index < -0.39 is 5.91 Å². The Morgan fingerprint density at radius 3 is 2.52 bits per heavy atom. The van der Waals surface area contributed by atoms with Gasteiger partial charge in [0.2, 0.25) is 0 Å². The highest BCUT2D eigenvalue weighted by Crippen LogP contribution is 2.23. The average Bonchev–Trinajstić information content (AvgIpc) is 3.03. The predicted octanol–water partition coefficient (Wildman–Crippen LogP) is 4.33. The zero-order valence-electron chi connectivity index (χ0n) is 15.2. The molecule has 0 amide bonds. The maximum atomic E-state index is 12.7. The molecule has 5 heteroatoms. The van der Waals surface area contributed by atoms with Gasteiger partial charge in [0.1, 0.15) is 24.0 Å². The molecule has 0 saturated carbocycles. The number of aryl methyl sites for hydroxylation is 2. The van der Waals surface area contributed by atoms with E-state index in [1.54, 1.807) is 26.0 Å². The Morgan fingerprint density at radius 2 is 1.85 bits per heavy atom. The second kappa shape index (κ2) is 8.15. The molecule has 0 aliphatic rings. The lowest BCUT2D eigenvalue weighted by molar-refractivity contribution is 0.0943. The smallest absolute Gasteiger partial charge is 0.289 e. The molecular formula is C22H19N3O2. The second-order valence-electron chi connectivity index (χ2n) is 6.13. The fraction of sp³-hybridized carbons (Fsp3) is 0.136. The molecule has 0 fully saturated rings. The van der Waals surface area contributed by atoms with E-state index in [9.17, 15) is 10.1 Å². The van der Waals surface area contributed by atoms with Gasteiger partial charge in [0.05, 0.1) is 5.69 Å². The van der Waals surface area contributed by atoms with E-state index in [-0.39, 0.29) is 5.57 Å². The first-order chi connectivity index (χ1) is 13.1. The molecule has 0 spiro atoms. The van der Waals surface area contributed by atoms with Crippen molar-refractivity contribution in [3.05, 3.63) is 88.8 Å². The minimum atomic E-state index is -0.457. The van der Waals surface area contributed by atoms with Crippen molar-refractivity contribution in [2.24, 2.45) is 0 Å². The predicted molar refractivity (Wildman–Crippen MR) is 103 cm³/mol. The van der Waals surface area contributed by atoms with Gasteiger partial charge >= 0.3 is 0 Å². The summed E-state index contributed by atoms with van der Waals surface area (Å²) in [6, 6.07) is 20.9. The van der Waals surface area contributed by atoms with Crippen LogP contribution in [0.2, 0.25) is 0 Å². The third-order valence-electron chi connectivity index (χ3n) is 4.01. The van der Waals surface area contributed by atoms with E-state index in [0.29, 0.717) is 23.6 Å². The molecule has 0 radical (unpaired) electrons. The van der Waals surface area contributed by atoms with E-state index >= 15 is 0 Å². The van der Waals surface area contributed by atoms with Crippen molar-refractivity contribution >= 4 is 12.0 Å². The molecule has 0 unspecified atom stereocenters. The summed E-state index contributed by atoms with van der Waals surface area (Å²) in [7, 11) is 0. The van der Waals surface area contributed by atoms with E-state index in [1.807, 2.05) is 60.7 Å². The number of ether oxygens (including phenoxy) is 1. The SMILES string of the molecule is Cc1cc(C)n(C(=O)/C(C#N)=C/c2ccccc2OCc2ccccc2)n1. The molecule has 3 rings (SSSR count). The van der Waals surface area contributed by atoms with Crippen LogP contribution in [0.25, 0.3) is 6.08 Å². The number of benzene rings is 2. The third-order valence-corrected chi connectivity index (χ3v) is 4.01. The number of carbonyl (C=O) groups excluding carboxylic acids is 1. The molecular weight excluding hydrogens is 338 g/mol. The van der Waals surface area contributed by atoms with Crippen molar-refractivity contribution in [2.75, 3.05) is 0 Å². The Kier molecular flexibility index (Phi) is 5.48. The van der Waals surface area contributed by atoms with Crippen LogP contribution in [-0.2, 0) is 6.61 Å². The molecule has 0 aliphatic heterocycles. The summed E-state index contributed by atoms with van der Waals surface area (Å²) in [5, 5.41) is 13.7. The molecule has 0 bridgehead atoms. The molecule has 134 valence electrons. The van der Waals surface area contributed by atoms with Crippen LogP contribution in [0.5, 0.6) is 5.75 Å². The van der Waals surface area contributed by atoms with Crippen LogP contribution in [0.15, 0.2) is 66.2 Å². The van der Waals surface area contributed by atoms with Crippen molar-refractivity contribution in [1.29, 1.82) is 5.26 Å². The molecule has 2 aromatic carbocycles. The maximum Gasteiger partial charge on any atom is 0.289 e. The fourth-order valence-electron chi connectivity index (χ4n) is 2.71. The van der Waals surface area contributed by atoms with Crippen molar-refractivity contribution in [3.8, 4) is 11.8 Å².